The van der Waals surface area contributed by atoms with Crippen LogP contribution in [-0.4, -0.2) is 22.9 Å². The molecular formula is C12H22N2O4. The van der Waals surface area contributed by atoms with Gasteiger partial charge in [0.05, 0.1) is 5.92 Å². The molecule has 0 rings (SSSR count). The highest BCUT2D eigenvalue weighted by atomic mass is 16.6. The van der Waals surface area contributed by atoms with Crippen molar-refractivity contribution in [3.8, 4) is 0 Å². The van der Waals surface area contributed by atoms with E-state index in [4.69, 9.17) is 0 Å². The van der Waals surface area contributed by atoms with Crippen LogP contribution < -0.4 is 0 Å². The fourth-order valence-electron chi connectivity index (χ4n) is 1.74. The Labute approximate surface area is 107 Å². The monoisotopic (exact) mass is 258 g/mol. The van der Waals surface area contributed by atoms with E-state index in [0.717, 1.165) is 12.8 Å². The van der Waals surface area contributed by atoms with Crippen LogP contribution in [0, 0.1) is 26.1 Å². The molecule has 0 aliphatic rings. The topological polar surface area (TPSA) is 86.3 Å². The first-order valence-electron chi connectivity index (χ1n) is 6.44. The molecule has 6 nitrogen and oxygen atoms in total. The van der Waals surface area contributed by atoms with E-state index in [1.807, 2.05) is 6.08 Å². The fraction of sp³-hybridized carbons (Fsp3) is 0.833. The largest absolute Gasteiger partial charge is 0.265 e. The van der Waals surface area contributed by atoms with E-state index < -0.39 is 15.8 Å². The molecule has 0 aliphatic heterocycles. The molecule has 0 aromatic rings. The molecule has 6 heteroatoms. The van der Waals surface area contributed by atoms with Crippen LogP contribution in [0.5, 0.6) is 0 Å². The number of rotatable bonds is 11. The first kappa shape index (κ1) is 16.5. The van der Waals surface area contributed by atoms with E-state index in [9.17, 15) is 20.2 Å². The molecule has 0 saturated carbocycles. The molecule has 18 heavy (non-hydrogen) atoms. The molecule has 104 valence electrons. The maximum Gasteiger partial charge on any atom is 0.212 e. The van der Waals surface area contributed by atoms with Crippen LogP contribution in [0.2, 0.25) is 0 Å². The first-order chi connectivity index (χ1) is 8.56. The van der Waals surface area contributed by atoms with Gasteiger partial charge >= 0.3 is 0 Å². The maximum atomic E-state index is 10.4. The molecule has 0 amide bonds. The highest BCUT2D eigenvalue weighted by Gasteiger charge is 2.20. The van der Waals surface area contributed by atoms with Crippen molar-refractivity contribution in [3.05, 3.63) is 32.4 Å². The molecule has 0 aromatic carbocycles. The van der Waals surface area contributed by atoms with Crippen LogP contribution >= 0.6 is 0 Å². The molecular weight excluding hydrogens is 236 g/mol. The van der Waals surface area contributed by atoms with Crippen LogP contribution in [0.15, 0.2) is 12.2 Å². The Kier molecular flexibility index (Phi) is 9.81. The van der Waals surface area contributed by atoms with E-state index in [-0.39, 0.29) is 13.1 Å². The van der Waals surface area contributed by atoms with Gasteiger partial charge in [0.1, 0.15) is 0 Å². The summed E-state index contributed by atoms with van der Waals surface area (Å²) in [5, 5.41) is 20.7. The summed E-state index contributed by atoms with van der Waals surface area (Å²) in [4.78, 5) is 19.8. The Bertz CT molecular complexity index is 263. The lowest BCUT2D eigenvalue weighted by Gasteiger charge is -2.05. The number of unbranched alkanes of at least 4 members (excludes halogenated alkanes) is 3. The second-order valence-electron chi connectivity index (χ2n) is 4.44. The highest BCUT2D eigenvalue weighted by Crippen LogP contribution is 2.09. The van der Waals surface area contributed by atoms with Crippen molar-refractivity contribution < 1.29 is 9.85 Å². The smallest absolute Gasteiger partial charge is 0.212 e. The Hall–Kier alpha value is -1.46. The predicted octanol–water partition coefficient (Wildman–Crippen LogP) is 3.07. The summed E-state index contributed by atoms with van der Waals surface area (Å²) in [6.45, 7) is 1.51. The number of hydrogen-bond acceptors (Lipinski definition) is 4. The predicted molar refractivity (Wildman–Crippen MR) is 69.7 cm³/mol. The zero-order valence-corrected chi connectivity index (χ0v) is 10.9. The molecule has 0 bridgehead atoms. The third-order valence-corrected chi connectivity index (χ3v) is 2.70. The SMILES string of the molecule is CCCCC/C=C\CCC(C[N+](=O)[O-])C[N+](=O)[O-]. The highest BCUT2D eigenvalue weighted by molar-refractivity contribution is 4.82. The minimum atomic E-state index is -0.473. The summed E-state index contributed by atoms with van der Waals surface area (Å²) in [5.41, 5.74) is 0. The van der Waals surface area contributed by atoms with Crippen molar-refractivity contribution in [1.82, 2.24) is 0 Å². The Morgan fingerprint density at radius 1 is 1.00 bits per heavy atom. The average Bonchev–Trinajstić information content (AvgIpc) is 2.26. The summed E-state index contributed by atoms with van der Waals surface area (Å²) in [6, 6.07) is 0. The molecule has 0 saturated heterocycles. The van der Waals surface area contributed by atoms with Crippen molar-refractivity contribution >= 4 is 0 Å². The van der Waals surface area contributed by atoms with Crippen molar-refractivity contribution in [2.45, 2.75) is 45.4 Å². The Morgan fingerprint density at radius 2 is 1.56 bits per heavy atom. The molecule has 0 heterocycles. The van der Waals surface area contributed by atoms with Gasteiger partial charge in [-0.25, -0.2) is 0 Å². The van der Waals surface area contributed by atoms with Gasteiger partial charge in [-0.15, -0.1) is 0 Å². The molecule has 0 aliphatic carbocycles. The normalized spacial score (nSPS) is 11.2. The van der Waals surface area contributed by atoms with Crippen molar-refractivity contribution in [3.63, 3.8) is 0 Å². The van der Waals surface area contributed by atoms with Crippen molar-refractivity contribution in [2.75, 3.05) is 13.1 Å². The van der Waals surface area contributed by atoms with Crippen LogP contribution in [0.1, 0.15) is 45.4 Å². The van der Waals surface area contributed by atoms with Gasteiger partial charge in [0.25, 0.3) is 0 Å². The fourth-order valence-corrected chi connectivity index (χ4v) is 1.74. The maximum absolute atomic E-state index is 10.4. The Morgan fingerprint density at radius 3 is 2.06 bits per heavy atom. The van der Waals surface area contributed by atoms with Crippen molar-refractivity contribution in [2.24, 2.45) is 5.92 Å². The second kappa shape index (κ2) is 10.7. The number of nitro groups is 2. The van der Waals surface area contributed by atoms with Gasteiger partial charge in [0, 0.05) is 9.85 Å². The van der Waals surface area contributed by atoms with Gasteiger partial charge in [0.15, 0.2) is 0 Å². The number of hydrogen-bond donors (Lipinski definition) is 0. The summed E-state index contributed by atoms with van der Waals surface area (Å²) >= 11 is 0. The Balaban J connectivity index is 3.81. The second-order valence-corrected chi connectivity index (χ2v) is 4.44. The lowest BCUT2D eigenvalue weighted by atomic mass is 10.0. The third kappa shape index (κ3) is 11.0. The molecule has 0 unspecified atom stereocenters. The van der Waals surface area contributed by atoms with Crippen LogP contribution in [-0.2, 0) is 0 Å². The third-order valence-electron chi connectivity index (χ3n) is 2.70. The van der Waals surface area contributed by atoms with E-state index in [0.29, 0.717) is 12.8 Å². The summed E-state index contributed by atoms with van der Waals surface area (Å²) in [6.07, 6.45) is 9.78. The van der Waals surface area contributed by atoms with Gasteiger partial charge in [-0.05, 0) is 25.7 Å². The van der Waals surface area contributed by atoms with E-state index >= 15 is 0 Å². The lowest BCUT2D eigenvalue weighted by Crippen LogP contribution is -2.22. The summed E-state index contributed by atoms with van der Waals surface area (Å²) in [5.74, 6) is -0.463. The minimum absolute atomic E-state index is 0.315. The van der Waals surface area contributed by atoms with Gasteiger partial charge in [0.2, 0.25) is 13.1 Å². The first-order valence-corrected chi connectivity index (χ1v) is 6.44. The lowest BCUT2D eigenvalue weighted by molar-refractivity contribution is -0.524. The molecule has 0 atom stereocenters. The molecule has 0 spiro atoms. The van der Waals surface area contributed by atoms with Crippen LogP contribution in [0.4, 0.5) is 0 Å². The van der Waals surface area contributed by atoms with E-state index in [1.165, 1.54) is 12.8 Å². The number of nitrogens with zero attached hydrogens (tertiary/aromatic N) is 2. The molecule has 0 fully saturated rings. The summed E-state index contributed by atoms with van der Waals surface area (Å²) in [7, 11) is 0. The average molecular weight is 258 g/mol. The minimum Gasteiger partial charge on any atom is -0.265 e. The van der Waals surface area contributed by atoms with E-state index in [2.05, 4.69) is 13.0 Å². The van der Waals surface area contributed by atoms with E-state index in [1.54, 1.807) is 0 Å². The van der Waals surface area contributed by atoms with Crippen LogP contribution in [0.3, 0.4) is 0 Å². The van der Waals surface area contributed by atoms with Crippen molar-refractivity contribution in [1.29, 1.82) is 0 Å². The zero-order chi connectivity index (χ0) is 13.8. The van der Waals surface area contributed by atoms with Gasteiger partial charge in [-0.2, -0.15) is 0 Å². The molecule has 0 radical (unpaired) electrons. The molecule has 0 aromatic heterocycles. The van der Waals surface area contributed by atoms with Gasteiger partial charge in [-0.3, -0.25) is 20.2 Å². The number of allylic oxidation sites excluding steroid dienone is 2. The quantitative estimate of drug-likeness (QED) is 0.246. The zero-order valence-electron chi connectivity index (χ0n) is 10.9. The van der Waals surface area contributed by atoms with Crippen LogP contribution in [0.25, 0.3) is 0 Å². The van der Waals surface area contributed by atoms with Gasteiger partial charge in [-0.1, -0.05) is 31.9 Å². The molecule has 0 N–H and O–H groups in total. The standard InChI is InChI=1S/C12H22N2O4/c1-2-3-4-5-6-7-8-9-12(10-13(15)16)11-14(17)18/h6-7,12H,2-5,8-11H2,1H3/b7-6-. The van der Waals surface area contributed by atoms with Gasteiger partial charge < -0.3 is 0 Å². The summed E-state index contributed by atoms with van der Waals surface area (Å²) < 4.78 is 0.